The number of nitrogens with one attached hydrogen (secondary N) is 1. The Morgan fingerprint density at radius 1 is 1.26 bits per heavy atom. The van der Waals surface area contributed by atoms with Crippen molar-refractivity contribution in [3.8, 4) is 0 Å². The van der Waals surface area contributed by atoms with Crippen LogP contribution in [0.2, 0.25) is 0 Å². The molecule has 2 nitrogen and oxygen atoms in total. The van der Waals surface area contributed by atoms with Crippen molar-refractivity contribution in [1.29, 1.82) is 0 Å². The van der Waals surface area contributed by atoms with Crippen LogP contribution in [0.1, 0.15) is 23.3 Å². The lowest BCUT2D eigenvalue weighted by molar-refractivity contribution is 0.414. The Morgan fingerprint density at radius 3 is 2.74 bits per heavy atom. The van der Waals surface area contributed by atoms with E-state index >= 15 is 0 Å². The van der Waals surface area contributed by atoms with E-state index in [1.54, 1.807) is 6.08 Å². The number of hydrogen-bond acceptors (Lipinski definition) is 3. The highest BCUT2D eigenvalue weighted by Crippen LogP contribution is 2.39. The third-order valence-electron chi connectivity index (χ3n) is 4.30. The largest absolute Gasteiger partial charge is 0.381 e. The number of dihydropyridines is 1. The van der Waals surface area contributed by atoms with Crippen molar-refractivity contribution in [1.82, 2.24) is 10.2 Å². The summed E-state index contributed by atoms with van der Waals surface area (Å²) in [4.78, 5) is 3.65. The summed E-state index contributed by atoms with van der Waals surface area (Å²) in [6, 6.07) is 8.59. The fourth-order valence-corrected chi connectivity index (χ4v) is 4.33. The Balaban J connectivity index is 2.01. The number of fused-ring (bicyclic) bond motifs is 1. The predicted molar refractivity (Wildman–Crippen MR) is 97.8 cm³/mol. The number of hydrogen-bond donors (Lipinski definition) is 1. The van der Waals surface area contributed by atoms with Gasteiger partial charge in [0.1, 0.15) is 5.83 Å². The number of allylic oxidation sites excluding steroid dienone is 3. The second kappa shape index (κ2) is 6.85. The molecular weight excluding hydrogens is 307 g/mol. The van der Waals surface area contributed by atoms with E-state index in [1.807, 2.05) is 17.4 Å². The Labute approximate surface area is 141 Å². The van der Waals surface area contributed by atoms with Gasteiger partial charge in [0.05, 0.1) is 6.54 Å². The summed E-state index contributed by atoms with van der Waals surface area (Å²) in [6.45, 7) is 3.54. The lowest BCUT2D eigenvalue weighted by atomic mass is 9.92. The highest BCUT2D eigenvalue weighted by atomic mass is 32.1. The molecule has 0 bridgehead atoms. The number of rotatable bonds is 5. The van der Waals surface area contributed by atoms with E-state index in [4.69, 9.17) is 0 Å². The van der Waals surface area contributed by atoms with E-state index in [1.165, 1.54) is 20.5 Å². The molecule has 1 unspecified atom stereocenters. The normalized spacial score (nSPS) is 16.2. The molecule has 1 aromatic heterocycles. The van der Waals surface area contributed by atoms with Gasteiger partial charge in [0.25, 0.3) is 0 Å². The van der Waals surface area contributed by atoms with Crippen molar-refractivity contribution in [2.45, 2.75) is 19.3 Å². The average molecular weight is 330 g/mol. The second-order valence-corrected chi connectivity index (χ2v) is 7.44. The first-order valence-corrected chi connectivity index (χ1v) is 8.83. The standard InChI is InChI=1S/C19H23FN2S/c1-13(16-9-8-14(20)12-21-16)19-15-6-4-5-7-17(15)23-18(19)10-11-22(2)3/h4-9,13,21H,10-12H2,1-3H3. The van der Waals surface area contributed by atoms with Crippen LogP contribution in [0.4, 0.5) is 4.39 Å². The summed E-state index contributed by atoms with van der Waals surface area (Å²) >= 11 is 1.89. The van der Waals surface area contributed by atoms with Crippen molar-refractivity contribution >= 4 is 21.4 Å². The van der Waals surface area contributed by atoms with E-state index in [0.29, 0.717) is 6.54 Å². The minimum atomic E-state index is -0.107. The zero-order valence-corrected chi connectivity index (χ0v) is 14.7. The van der Waals surface area contributed by atoms with Crippen LogP contribution in [-0.2, 0) is 6.42 Å². The summed E-state index contributed by atoms with van der Waals surface area (Å²) in [5.41, 5.74) is 2.49. The van der Waals surface area contributed by atoms with Crippen LogP contribution in [0.15, 0.2) is 47.9 Å². The molecule has 4 heteroatoms. The molecule has 0 amide bonds. The first-order valence-electron chi connectivity index (χ1n) is 8.01. The van der Waals surface area contributed by atoms with Crippen molar-refractivity contribution in [3.63, 3.8) is 0 Å². The Morgan fingerprint density at radius 2 is 2.04 bits per heavy atom. The SMILES string of the molecule is CC(C1=CC=C(F)CN1)c1c(CCN(C)C)sc2ccccc12. The zero-order chi connectivity index (χ0) is 16.4. The highest BCUT2D eigenvalue weighted by Gasteiger charge is 2.21. The highest BCUT2D eigenvalue weighted by molar-refractivity contribution is 7.19. The van der Waals surface area contributed by atoms with Gasteiger partial charge in [-0.15, -0.1) is 11.3 Å². The van der Waals surface area contributed by atoms with Gasteiger partial charge in [0.2, 0.25) is 0 Å². The van der Waals surface area contributed by atoms with Crippen molar-refractivity contribution < 1.29 is 4.39 Å². The Bertz CT molecular complexity index is 758. The molecule has 3 rings (SSSR count). The summed E-state index contributed by atoms with van der Waals surface area (Å²) in [5, 5.41) is 4.56. The van der Waals surface area contributed by atoms with Gasteiger partial charge in [-0.25, -0.2) is 4.39 Å². The molecule has 0 saturated carbocycles. The molecule has 1 aliphatic rings. The number of nitrogens with zero attached hydrogens (tertiary/aromatic N) is 1. The maximum absolute atomic E-state index is 13.3. The van der Waals surface area contributed by atoms with Gasteiger partial charge in [0.15, 0.2) is 0 Å². The van der Waals surface area contributed by atoms with E-state index in [9.17, 15) is 4.39 Å². The Hall–Kier alpha value is -1.65. The molecule has 0 aliphatic carbocycles. The van der Waals surface area contributed by atoms with Gasteiger partial charge in [-0.1, -0.05) is 25.1 Å². The molecule has 0 fully saturated rings. The molecule has 0 radical (unpaired) electrons. The minimum absolute atomic E-state index is 0.107. The summed E-state index contributed by atoms with van der Waals surface area (Å²) in [7, 11) is 4.21. The molecule has 0 spiro atoms. The number of benzene rings is 1. The predicted octanol–water partition coefficient (Wildman–Crippen LogP) is 4.45. The van der Waals surface area contributed by atoms with Crippen LogP contribution in [0.5, 0.6) is 0 Å². The van der Waals surface area contributed by atoms with Gasteiger partial charge in [-0.3, -0.25) is 0 Å². The van der Waals surface area contributed by atoms with Gasteiger partial charge in [-0.05, 0) is 49.7 Å². The van der Waals surface area contributed by atoms with Crippen LogP contribution in [0.3, 0.4) is 0 Å². The maximum atomic E-state index is 13.3. The minimum Gasteiger partial charge on any atom is -0.381 e. The molecule has 23 heavy (non-hydrogen) atoms. The van der Waals surface area contributed by atoms with Gasteiger partial charge in [-0.2, -0.15) is 0 Å². The molecule has 1 aromatic carbocycles. The van der Waals surface area contributed by atoms with Crippen molar-refractivity contribution in [2.24, 2.45) is 0 Å². The molecule has 2 aromatic rings. The third-order valence-corrected chi connectivity index (χ3v) is 5.55. The molecular formula is C19H23FN2S. The molecule has 122 valence electrons. The third kappa shape index (κ3) is 3.48. The topological polar surface area (TPSA) is 15.3 Å². The van der Waals surface area contributed by atoms with Gasteiger partial charge in [0, 0.05) is 27.7 Å². The van der Waals surface area contributed by atoms with E-state index in [0.717, 1.165) is 18.7 Å². The number of likely N-dealkylation sites (N-methyl/N-ethyl adjacent to an activating group) is 1. The van der Waals surface area contributed by atoms with Crippen molar-refractivity contribution in [2.75, 3.05) is 27.2 Å². The molecule has 0 saturated heterocycles. The summed E-state index contributed by atoms with van der Waals surface area (Å²) < 4.78 is 14.6. The second-order valence-electron chi connectivity index (χ2n) is 6.30. The van der Waals surface area contributed by atoms with E-state index in [2.05, 4.69) is 55.5 Å². The summed E-state index contributed by atoms with van der Waals surface area (Å²) in [6.07, 6.45) is 4.51. The number of halogens is 1. The number of thiophene rings is 1. The first-order chi connectivity index (χ1) is 11.1. The quantitative estimate of drug-likeness (QED) is 0.871. The van der Waals surface area contributed by atoms with Crippen LogP contribution in [0.25, 0.3) is 10.1 Å². The van der Waals surface area contributed by atoms with Crippen LogP contribution < -0.4 is 5.32 Å². The van der Waals surface area contributed by atoms with Crippen LogP contribution in [-0.4, -0.2) is 32.1 Å². The fourth-order valence-electron chi connectivity index (χ4n) is 3.04. The smallest absolute Gasteiger partial charge is 0.119 e. The fraction of sp³-hybridized carbons (Fsp3) is 0.368. The van der Waals surface area contributed by atoms with Gasteiger partial charge < -0.3 is 10.2 Å². The molecule has 2 heterocycles. The Kier molecular flexibility index (Phi) is 4.83. The molecule has 1 aliphatic heterocycles. The lowest BCUT2D eigenvalue weighted by Gasteiger charge is -2.21. The van der Waals surface area contributed by atoms with E-state index in [-0.39, 0.29) is 11.7 Å². The maximum Gasteiger partial charge on any atom is 0.119 e. The first kappa shape index (κ1) is 16.2. The monoisotopic (exact) mass is 330 g/mol. The molecule has 1 atom stereocenters. The van der Waals surface area contributed by atoms with Crippen LogP contribution in [0, 0.1) is 0 Å². The lowest BCUT2D eigenvalue weighted by Crippen LogP contribution is -2.22. The summed E-state index contributed by atoms with van der Waals surface area (Å²) in [5.74, 6) is 0.136. The van der Waals surface area contributed by atoms with E-state index < -0.39 is 0 Å². The van der Waals surface area contributed by atoms with Crippen LogP contribution >= 0.6 is 11.3 Å². The van der Waals surface area contributed by atoms with Gasteiger partial charge >= 0.3 is 0 Å². The average Bonchev–Trinajstić information content (AvgIpc) is 2.91. The molecule has 1 N–H and O–H groups in total. The van der Waals surface area contributed by atoms with Crippen molar-refractivity contribution in [3.05, 3.63) is 58.4 Å². The zero-order valence-electron chi connectivity index (χ0n) is 13.9.